The van der Waals surface area contributed by atoms with E-state index in [9.17, 15) is 9.90 Å². The molecule has 1 unspecified atom stereocenters. The Labute approximate surface area is 140 Å². The standard InChI is InChI=1S/C18H18N2O2S/c19-11-15-6-8-17(9-7-15)23-13-18(22)20-12-16(21)10-14-4-2-1-3-5-14/h1-9,16,21H,10,12-13H2,(H,20,22). The van der Waals surface area contributed by atoms with Crippen LogP contribution >= 0.6 is 11.8 Å². The Balaban J connectivity index is 1.69. The first kappa shape index (κ1) is 17.1. The Morgan fingerprint density at radius 1 is 1.17 bits per heavy atom. The van der Waals surface area contributed by atoms with Crippen LogP contribution in [0.3, 0.4) is 0 Å². The van der Waals surface area contributed by atoms with Crippen LogP contribution in [0.25, 0.3) is 0 Å². The molecule has 0 spiro atoms. The zero-order valence-corrected chi connectivity index (χ0v) is 13.4. The SMILES string of the molecule is N#Cc1ccc(SCC(=O)NCC(O)Cc2ccccc2)cc1. The lowest BCUT2D eigenvalue weighted by molar-refractivity contribution is -0.119. The third-order valence-electron chi connectivity index (χ3n) is 3.20. The number of hydrogen-bond acceptors (Lipinski definition) is 4. The van der Waals surface area contributed by atoms with Crippen molar-refractivity contribution < 1.29 is 9.90 Å². The quantitative estimate of drug-likeness (QED) is 0.766. The first-order chi connectivity index (χ1) is 11.2. The summed E-state index contributed by atoms with van der Waals surface area (Å²) in [7, 11) is 0. The van der Waals surface area contributed by atoms with E-state index in [0.29, 0.717) is 12.0 Å². The van der Waals surface area contributed by atoms with E-state index in [1.807, 2.05) is 42.5 Å². The van der Waals surface area contributed by atoms with Gasteiger partial charge in [0.05, 0.1) is 23.5 Å². The summed E-state index contributed by atoms with van der Waals surface area (Å²) in [6, 6.07) is 18.8. The lowest BCUT2D eigenvalue weighted by Crippen LogP contribution is -2.34. The van der Waals surface area contributed by atoms with Gasteiger partial charge in [0.1, 0.15) is 0 Å². The summed E-state index contributed by atoms with van der Waals surface area (Å²) in [6.45, 7) is 0.238. The van der Waals surface area contributed by atoms with Gasteiger partial charge in [-0.3, -0.25) is 4.79 Å². The number of nitriles is 1. The molecular formula is C18H18N2O2S. The predicted molar refractivity (Wildman–Crippen MR) is 91.0 cm³/mol. The number of nitrogens with zero attached hydrogens (tertiary/aromatic N) is 1. The van der Waals surface area contributed by atoms with E-state index < -0.39 is 6.10 Å². The van der Waals surface area contributed by atoms with Crippen LogP contribution in [-0.4, -0.2) is 29.4 Å². The molecule has 2 aromatic carbocycles. The summed E-state index contributed by atoms with van der Waals surface area (Å²) in [4.78, 5) is 12.7. The monoisotopic (exact) mass is 326 g/mol. The second-order valence-corrected chi connectivity index (χ2v) is 6.12. The molecule has 0 aliphatic carbocycles. The minimum absolute atomic E-state index is 0.119. The molecule has 2 rings (SSSR count). The third kappa shape index (κ3) is 6.15. The van der Waals surface area contributed by atoms with Gasteiger partial charge in [-0.05, 0) is 29.8 Å². The maximum Gasteiger partial charge on any atom is 0.230 e. The molecule has 2 N–H and O–H groups in total. The summed E-state index contributed by atoms with van der Waals surface area (Å²) in [5, 5.41) is 21.4. The highest BCUT2D eigenvalue weighted by atomic mass is 32.2. The normalized spacial score (nSPS) is 11.5. The molecule has 0 radical (unpaired) electrons. The van der Waals surface area contributed by atoms with Crippen molar-refractivity contribution in [2.45, 2.75) is 17.4 Å². The highest BCUT2D eigenvalue weighted by Crippen LogP contribution is 2.17. The van der Waals surface area contributed by atoms with Crippen LogP contribution in [0.1, 0.15) is 11.1 Å². The van der Waals surface area contributed by atoms with Gasteiger partial charge in [0.25, 0.3) is 0 Å². The molecule has 0 heterocycles. The Bertz CT molecular complexity index is 666. The fraction of sp³-hybridized carbons (Fsp3) is 0.222. The second-order valence-electron chi connectivity index (χ2n) is 5.07. The van der Waals surface area contributed by atoms with Gasteiger partial charge in [-0.25, -0.2) is 0 Å². The van der Waals surface area contributed by atoms with Crippen LogP contribution in [-0.2, 0) is 11.2 Å². The summed E-state index contributed by atoms with van der Waals surface area (Å²) in [5.74, 6) is 0.163. The summed E-state index contributed by atoms with van der Waals surface area (Å²) in [5.41, 5.74) is 1.64. The molecule has 0 aliphatic heterocycles. The number of amides is 1. The van der Waals surface area contributed by atoms with Gasteiger partial charge >= 0.3 is 0 Å². The van der Waals surface area contributed by atoms with Crippen LogP contribution in [0.2, 0.25) is 0 Å². The second kappa shape index (κ2) is 8.99. The van der Waals surface area contributed by atoms with Gasteiger partial charge in [0, 0.05) is 17.9 Å². The molecule has 0 saturated carbocycles. The van der Waals surface area contributed by atoms with Crippen molar-refractivity contribution in [2.24, 2.45) is 0 Å². The maximum absolute atomic E-state index is 11.8. The number of thioether (sulfide) groups is 1. The van der Waals surface area contributed by atoms with Gasteiger partial charge in [0.15, 0.2) is 0 Å². The fourth-order valence-corrected chi connectivity index (χ4v) is 2.74. The summed E-state index contributed by atoms with van der Waals surface area (Å²) < 4.78 is 0. The van der Waals surface area contributed by atoms with Crippen LogP contribution in [0.5, 0.6) is 0 Å². The van der Waals surface area contributed by atoms with Gasteiger partial charge in [-0.2, -0.15) is 5.26 Å². The van der Waals surface area contributed by atoms with Gasteiger partial charge in [-0.15, -0.1) is 11.8 Å². The number of carbonyl (C=O) groups excluding carboxylic acids is 1. The number of carbonyl (C=O) groups is 1. The van der Waals surface area contributed by atoms with Gasteiger partial charge < -0.3 is 10.4 Å². The summed E-state index contributed by atoms with van der Waals surface area (Å²) >= 11 is 1.40. The predicted octanol–water partition coefficient (Wildman–Crippen LogP) is 2.37. The zero-order chi connectivity index (χ0) is 16.5. The van der Waals surface area contributed by atoms with Crippen molar-refractivity contribution >= 4 is 17.7 Å². The number of nitrogens with one attached hydrogen (secondary N) is 1. The lowest BCUT2D eigenvalue weighted by atomic mass is 10.1. The van der Waals surface area contributed by atoms with Gasteiger partial charge in [0.2, 0.25) is 5.91 Å². The Kier molecular flexibility index (Phi) is 6.67. The smallest absolute Gasteiger partial charge is 0.230 e. The van der Waals surface area contributed by atoms with Crippen LogP contribution < -0.4 is 5.32 Å². The lowest BCUT2D eigenvalue weighted by Gasteiger charge is -2.12. The van der Waals surface area contributed by atoms with E-state index in [1.165, 1.54) is 11.8 Å². The molecular weight excluding hydrogens is 308 g/mol. The average Bonchev–Trinajstić information content (AvgIpc) is 2.59. The third-order valence-corrected chi connectivity index (χ3v) is 4.21. The first-order valence-corrected chi connectivity index (χ1v) is 8.27. The topological polar surface area (TPSA) is 73.1 Å². The summed E-state index contributed by atoms with van der Waals surface area (Å²) in [6.07, 6.45) is -0.0783. The van der Waals surface area contributed by atoms with Crippen molar-refractivity contribution in [3.63, 3.8) is 0 Å². The molecule has 0 aliphatic rings. The van der Waals surface area contributed by atoms with Crippen LogP contribution in [0.4, 0.5) is 0 Å². The van der Waals surface area contributed by atoms with Crippen molar-refractivity contribution in [1.29, 1.82) is 5.26 Å². The van der Waals surface area contributed by atoms with Crippen molar-refractivity contribution in [1.82, 2.24) is 5.32 Å². The number of aliphatic hydroxyl groups excluding tert-OH is 1. The number of hydrogen-bond donors (Lipinski definition) is 2. The Morgan fingerprint density at radius 3 is 2.52 bits per heavy atom. The molecule has 0 saturated heterocycles. The van der Waals surface area contributed by atoms with Gasteiger partial charge in [-0.1, -0.05) is 30.3 Å². The number of rotatable bonds is 7. The molecule has 0 fully saturated rings. The highest BCUT2D eigenvalue weighted by Gasteiger charge is 2.08. The minimum atomic E-state index is -0.596. The van der Waals surface area contributed by atoms with Crippen LogP contribution in [0.15, 0.2) is 59.5 Å². The highest BCUT2D eigenvalue weighted by molar-refractivity contribution is 8.00. The molecule has 0 bridgehead atoms. The van der Waals surface area contributed by atoms with E-state index in [1.54, 1.807) is 12.1 Å². The first-order valence-electron chi connectivity index (χ1n) is 7.29. The van der Waals surface area contributed by atoms with Crippen molar-refractivity contribution in [3.05, 3.63) is 65.7 Å². The average molecular weight is 326 g/mol. The van der Waals surface area contributed by atoms with E-state index in [-0.39, 0.29) is 18.2 Å². The number of aliphatic hydroxyl groups is 1. The number of benzene rings is 2. The largest absolute Gasteiger partial charge is 0.391 e. The fourth-order valence-electron chi connectivity index (χ4n) is 2.02. The van der Waals surface area contributed by atoms with E-state index in [0.717, 1.165) is 10.5 Å². The molecule has 0 aromatic heterocycles. The molecule has 2 aromatic rings. The molecule has 23 heavy (non-hydrogen) atoms. The maximum atomic E-state index is 11.8. The molecule has 1 amide bonds. The molecule has 4 nitrogen and oxygen atoms in total. The molecule has 118 valence electrons. The van der Waals surface area contributed by atoms with E-state index in [2.05, 4.69) is 11.4 Å². The van der Waals surface area contributed by atoms with Crippen molar-refractivity contribution in [3.8, 4) is 6.07 Å². The molecule has 5 heteroatoms. The van der Waals surface area contributed by atoms with E-state index >= 15 is 0 Å². The Morgan fingerprint density at radius 2 is 1.87 bits per heavy atom. The zero-order valence-electron chi connectivity index (χ0n) is 12.6. The van der Waals surface area contributed by atoms with Crippen LogP contribution in [0, 0.1) is 11.3 Å². The minimum Gasteiger partial charge on any atom is -0.391 e. The Hall–Kier alpha value is -2.29. The van der Waals surface area contributed by atoms with E-state index in [4.69, 9.17) is 5.26 Å². The molecule has 1 atom stereocenters. The van der Waals surface area contributed by atoms with Crippen molar-refractivity contribution in [2.75, 3.05) is 12.3 Å².